The predicted molar refractivity (Wildman–Crippen MR) is 102 cm³/mol. The molecule has 0 unspecified atom stereocenters. The molecule has 0 saturated heterocycles. The average Bonchev–Trinajstić information content (AvgIpc) is 2.61. The summed E-state index contributed by atoms with van der Waals surface area (Å²) >= 11 is 0. The molecule has 138 valence electrons. The van der Waals surface area contributed by atoms with Crippen molar-refractivity contribution in [1.82, 2.24) is 10.2 Å². The second kappa shape index (κ2) is 9.53. The zero-order valence-corrected chi connectivity index (χ0v) is 15.1. The summed E-state index contributed by atoms with van der Waals surface area (Å²) in [7, 11) is 1.91. The van der Waals surface area contributed by atoms with E-state index in [2.05, 4.69) is 34.9 Å². The number of anilines is 1. The number of aryl methyl sites for hydroxylation is 1. The fourth-order valence-corrected chi connectivity index (χ4v) is 2.47. The molecule has 0 bridgehead atoms. The third-order valence-corrected chi connectivity index (χ3v) is 3.84. The summed E-state index contributed by atoms with van der Waals surface area (Å²) in [5.74, 6) is -0.0369. The zero-order chi connectivity index (χ0) is 18.9. The highest BCUT2D eigenvalue weighted by atomic mass is 16.6. The third kappa shape index (κ3) is 6.52. The number of amides is 1. The van der Waals surface area contributed by atoms with Crippen molar-refractivity contribution in [2.45, 2.75) is 13.5 Å². The van der Waals surface area contributed by atoms with Crippen LogP contribution < -0.4 is 10.6 Å². The molecule has 26 heavy (non-hydrogen) atoms. The number of likely N-dealkylation sites (N-methyl/N-ethyl adjacent to an activating group) is 1. The summed E-state index contributed by atoms with van der Waals surface area (Å²) in [6.45, 7) is 4.12. The topological polar surface area (TPSA) is 87.5 Å². The van der Waals surface area contributed by atoms with E-state index >= 15 is 0 Å². The largest absolute Gasteiger partial charge is 0.383 e. The summed E-state index contributed by atoms with van der Waals surface area (Å²) in [6.07, 6.45) is 0. The van der Waals surface area contributed by atoms with Crippen LogP contribution in [-0.2, 0) is 11.3 Å². The van der Waals surface area contributed by atoms with Gasteiger partial charge in [0.15, 0.2) is 0 Å². The van der Waals surface area contributed by atoms with E-state index in [0.717, 1.165) is 12.2 Å². The number of benzene rings is 2. The van der Waals surface area contributed by atoms with Gasteiger partial charge in [0, 0.05) is 37.5 Å². The van der Waals surface area contributed by atoms with Gasteiger partial charge in [0.1, 0.15) is 0 Å². The van der Waals surface area contributed by atoms with E-state index in [0.29, 0.717) is 19.6 Å². The van der Waals surface area contributed by atoms with E-state index in [9.17, 15) is 14.9 Å². The highest BCUT2D eigenvalue weighted by molar-refractivity contribution is 5.78. The number of nitro groups is 1. The van der Waals surface area contributed by atoms with E-state index in [1.165, 1.54) is 23.3 Å². The minimum atomic E-state index is -0.433. The van der Waals surface area contributed by atoms with Crippen molar-refractivity contribution in [3.63, 3.8) is 0 Å². The van der Waals surface area contributed by atoms with Crippen LogP contribution in [0.25, 0.3) is 0 Å². The first-order valence-corrected chi connectivity index (χ1v) is 8.43. The Morgan fingerprint density at radius 3 is 2.35 bits per heavy atom. The maximum Gasteiger partial charge on any atom is 0.269 e. The molecule has 0 atom stereocenters. The summed E-state index contributed by atoms with van der Waals surface area (Å²) in [6, 6.07) is 14.4. The van der Waals surface area contributed by atoms with Gasteiger partial charge in [0.25, 0.3) is 5.69 Å². The van der Waals surface area contributed by atoms with Gasteiger partial charge in [-0.2, -0.15) is 0 Å². The van der Waals surface area contributed by atoms with E-state index in [1.807, 2.05) is 18.9 Å². The smallest absolute Gasteiger partial charge is 0.269 e. The first-order valence-electron chi connectivity index (χ1n) is 8.43. The monoisotopic (exact) mass is 356 g/mol. The van der Waals surface area contributed by atoms with E-state index in [-0.39, 0.29) is 11.6 Å². The zero-order valence-electron chi connectivity index (χ0n) is 15.1. The molecule has 0 aliphatic carbocycles. The molecule has 2 aromatic rings. The van der Waals surface area contributed by atoms with Crippen LogP contribution in [-0.4, -0.2) is 42.4 Å². The molecule has 0 aromatic heterocycles. The SMILES string of the molecule is Cc1ccc(CN(C)CC(=O)NCCNc2ccc([N+](=O)[O-])cc2)cc1. The van der Waals surface area contributed by atoms with Crippen molar-refractivity contribution in [3.05, 3.63) is 69.8 Å². The molecular weight excluding hydrogens is 332 g/mol. The fraction of sp³-hybridized carbons (Fsp3) is 0.316. The number of carbonyl (C=O) groups excluding carboxylic acids is 1. The lowest BCUT2D eigenvalue weighted by molar-refractivity contribution is -0.384. The van der Waals surface area contributed by atoms with Crippen molar-refractivity contribution in [1.29, 1.82) is 0 Å². The first-order chi connectivity index (χ1) is 12.4. The Hall–Kier alpha value is -2.93. The van der Waals surface area contributed by atoms with E-state index in [1.54, 1.807) is 12.1 Å². The number of rotatable bonds is 9. The molecule has 0 fully saturated rings. The van der Waals surface area contributed by atoms with Crippen LogP contribution in [0.2, 0.25) is 0 Å². The van der Waals surface area contributed by atoms with Gasteiger partial charge in [-0.1, -0.05) is 29.8 Å². The Morgan fingerprint density at radius 2 is 1.73 bits per heavy atom. The van der Waals surface area contributed by atoms with Gasteiger partial charge in [-0.15, -0.1) is 0 Å². The highest BCUT2D eigenvalue weighted by Gasteiger charge is 2.07. The van der Waals surface area contributed by atoms with Crippen LogP contribution in [0.3, 0.4) is 0 Å². The molecule has 0 radical (unpaired) electrons. The lowest BCUT2D eigenvalue weighted by Gasteiger charge is -2.16. The average molecular weight is 356 g/mol. The molecule has 0 spiro atoms. The molecule has 7 nitrogen and oxygen atoms in total. The number of carbonyl (C=O) groups is 1. The van der Waals surface area contributed by atoms with Gasteiger partial charge in [0.05, 0.1) is 11.5 Å². The van der Waals surface area contributed by atoms with E-state index in [4.69, 9.17) is 0 Å². The Balaban J connectivity index is 1.65. The molecule has 1 amide bonds. The highest BCUT2D eigenvalue weighted by Crippen LogP contribution is 2.14. The number of non-ortho nitro benzene ring substituents is 1. The van der Waals surface area contributed by atoms with Crippen LogP contribution in [0, 0.1) is 17.0 Å². The lowest BCUT2D eigenvalue weighted by Crippen LogP contribution is -2.37. The minimum Gasteiger partial charge on any atom is -0.383 e. The molecule has 0 aliphatic rings. The maximum absolute atomic E-state index is 12.0. The van der Waals surface area contributed by atoms with Gasteiger partial charge >= 0.3 is 0 Å². The summed E-state index contributed by atoms with van der Waals surface area (Å²) in [4.78, 5) is 24.1. The summed E-state index contributed by atoms with van der Waals surface area (Å²) < 4.78 is 0. The van der Waals surface area contributed by atoms with Gasteiger partial charge < -0.3 is 10.6 Å². The van der Waals surface area contributed by atoms with Crippen molar-refractivity contribution < 1.29 is 9.72 Å². The standard InChI is InChI=1S/C19H24N4O3/c1-15-3-5-16(6-4-15)13-22(2)14-19(24)21-12-11-20-17-7-9-18(10-8-17)23(25)26/h3-10,20H,11-14H2,1-2H3,(H,21,24). The first kappa shape index (κ1) is 19.4. The van der Waals surface area contributed by atoms with Crippen LogP contribution >= 0.6 is 0 Å². The predicted octanol–water partition coefficient (Wildman–Crippen LogP) is 2.56. The lowest BCUT2D eigenvalue weighted by atomic mass is 10.1. The molecule has 0 heterocycles. The van der Waals surface area contributed by atoms with Gasteiger partial charge in [-0.3, -0.25) is 19.8 Å². The van der Waals surface area contributed by atoms with Crippen LogP contribution in [0.4, 0.5) is 11.4 Å². The number of nitro benzene ring substituents is 1. The summed E-state index contributed by atoms with van der Waals surface area (Å²) in [5, 5.41) is 16.6. The van der Waals surface area contributed by atoms with Crippen molar-refractivity contribution in [3.8, 4) is 0 Å². The van der Waals surface area contributed by atoms with Crippen LogP contribution in [0.1, 0.15) is 11.1 Å². The molecule has 2 rings (SSSR count). The molecule has 7 heteroatoms. The number of nitrogens with one attached hydrogen (secondary N) is 2. The molecule has 0 saturated carbocycles. The van der Waals surface area contributed by atoms with Gasteiger partial charge in [-0.25, -0.2) is 0 Å². The number of hydrogen-bond acceptors (Lipinski definition) is 5. The normalized spacial score (nSPS) is 10.6. The molecule has 2 N–H and O–H groups in total. The fourth-order valence-electron chi connectivity index (χ4n) is 2.47. The Kier molecular flexibility index (Phi) is 7.11. The molecule has 2 aromatic carbocycles. The second-order valence-electron chi connectivity index (χ2n) is 6.24. The maximum atomic E-state index is 12.0. The second-order valence-corrected chi connectivity index (χ2v) is 6.24. The number of hydrogen-bond donors (Lipinski definition) is 2. The van der Waals surface area contributed by atoms with Crippen molar-refractivity contribution >= 4 is 17.3 Å². The van der Waals surface area contributed by atoms with Crippen molar-refractivity contribution in [2.24, 2.45) is 0 Å². The number of nitrogens with zero attached hydrogens (tertiary/aromatic N) is 2. The Bertz CT molecular complexity index is 729. The third-order valence-electron chi connectivity index (χ3n) is 3.84. The van der Waals surface area contributed by atoms with Crippen LogP contribution in [0.15, 0.2) is 48.5 Å². The van der Waals surface area contributed by atoms with E-state index < -0.39 is 4.92 Å². The van der Waals surface area contributed by atoms with Crippen LogP contribution in [0.5, 0.6) is 0 Å². The summed E-state index contributed by atoms with van der Waals surface area (Å²) in [5.41, 5.74) is 3.22. The van der Waals surface area contributed by atoms with Crippen molar-refractivity contribution in [2.75, 3.05) is 32.0 Å². The minimum absolute atomic E-state index is 0.0369. The van der Waals surface area contributed by atoms with Gasteiger partial charge in [0.2, 0.25) is 5.91 Å². The molecular formula is C19H24N4O3. The molecule has 0 aliphatic heterocycles. The quantitative estimate of drug-likeness (QED) is 0.410. The van der Waals surface area contributed by atoms with Gasteiger partial charge in [-0.05, 0) is 31.7 Å². The Morgan fingerprint density at radius 1 is 1.08 bits per heavy atom. The Labute approximate surface area is 153 Å².